The Kier molecular flexibility index (Phi) is 4.28. The second kappa shape index (κ2) is 6.63. The third-order valence-corrected chi connectivity index (χ3v) is 4.86. The minimum absolute atomic E-state index is 0.00529. The van der Waals surface area contributed by atoms with E-state index in [1.54, 1.807) is 42.5 Å². The molecule has 0 bridgehead atoms. The van der Waals surface area contributed by atoms with Crippen LogP contribution in [-0.4, -0.2) is 42.9 Å². The van der Waals surface area contributed by atoms with Gasteiger partial charge in [-0.25, -0.2) is 4.39 Å². The van der Waals surface area contributed by atoms with Crippen LogP contribution in [0.4, 0.5) is 4.39 Å². The monoisotopic (exact) mass is 366 g/mol. The van der Waals surface area contributed by atoms with Gasteiger partial charge in [-0.05, 0) is 32.3 Å². The average molecular weight is 366 g/mol. The molecule has 0 fully saturated rings. The average Bonchev–Trinajstić information content (AvgIpc) is 2.93. The molecule has 1 aliphatic rings. The minimum Gasteiger partial charge on any atom is -0.450 e. The van der Waals surface area contributed by atoms with Crippen molar-refractivity contribution in [3.05, 3.63) is 81.5 Å². The Balaban J connectivity index is 1.96. The van der Waals surface area contributed by atoms with Crippen LogP contribution in [0.1, 0.15) is 27.7 Å². The molecule has 0 unspecified atom stereocenters. The van der Waals surface area contributed by atoms with Crippen molar-refractivity contribution in [1.82, 2.24) is 9.80 Å². The van der Waals surface area contributed by atoms with Crippen molar-refractivity contribution in [2.45, 2.75) is 6.04 Å². The van der Waals surface area contributed by atoms with Crippen LogP contribution in [0.2, 0.25) is 0 Å². The minimum atomic E-state index is -0.797. The standard InChI is InChI=1S/C21H19FN2O3/c1-23(2)11-12-24-18(13-7-3-5-9-15(13)22)17-19(25)14-8-4-6-10-16(14)27-20(17)21(24)26/h3-10,18H,11-12H2,1-2H3/t18-/m0/s1. The molecule has 0 saturated heterocycles. The lowest BCUT2D eigenvalue weighted by Gasteiger charge is -2.26. The Morgan fingerprint density at radius 2 is 1.78 bits per heavy atom. The highest BCUT2D eigenvalue weighted by atomic mass is 19.1. The predicted octanol–water partition coefficient (Wildman–Crippen LogP) is 3.04. The molecule has 1 aromatic heterocycles. The van der Waals surface area contributed by atoms with Gasteiger partial charge in [0.05, 0.1) is 17.0 Å². The highest BCUT2D eigenvalue weighted by molar-refractivity contribution is 5.99. The first-order valence-corrected chi connectivity index (χ1v) is 8.75. The Morgan fingerprint density at radius 3 is 2.52 bits per heavy atom. The topological polar surface area (TPSA) is 53.8 Å². The maximum Gasteiger partial charge on any atom is 0.290 e. The van der Waals surface area contributed by atoms with E-state index in [2.05, 4.69) is 0 Å². The lowest BCUT2D eigenvalue weighted by Crippen LogP contribution is -2.35. The first-order chi connectivity index (χ1) is 13.0. The second-order valence-electron chi connectivity index (χ2n) is 6.90. The van der Waals surface area contributed by atoms with E-state index >= 15 is 0 Å². The molecule has 0 aliphatic carbocycles. The highest BCUT2D eigenvalue weighted by Gasteiger charge is 2.43. The lowest BCUT2D eigenvalue weighted by molar-refractivity contribution is 0.0714. The van der Waals surface area contributed by atoms with E-state index in [9.17, 15) is 14.0 Å². The predicted molar refractivity (Wildman–Crippen MR) is 100 cm³/mol. The molecule has 0 N–H and O–H groups in total. The summed E-state index contributed by atoms with van der Waals surface area (Å²) in [4.78, 5) is 29.7. The number of amides is 1. The molecule has 0 saturated carbocycles. The number of benzene rings is 2. The van der Waals surface area contributed by atoms with Gasteiger partial charge in [0.1, 0.15) is 11.4 Å². The summed E-state index contributed by atoms with van der Waals surface area (Å²) in [5, 5.41) is 0.389. The van der Waals surface area contributed by atoms with Crippen LogP contribution in [0.3, 0.4) is 0 Å². The van der Waals surface area contributed by atoms with Gasteiger partial charge >= 0.3 is 0 Å². The van der Waals surface area contributed by atoms with Crippen molar-refractivity contribution in [3.63, 3.8) is 0 Å². The van der Waals surface area contributed by atoms with E-state index in [4.69, 9.17) is 4.42 Å². The number of hydrogen-bond donors (Lipinski definition) is 0. The normalized spacial score (nSPS) is 16.4. The van der Waals surface area contributed by atoms with Crippen molar-refractivity contribution in [1.29, 1.82) is 0 Å². The first-order valence-electron chi connectivity index (χ1n) is 8.75. The number of para-hydroxylation sites is 1. The van der Waals surface area contributed by atoms with Crippen LogP contribution in [0.25, 0.3) is 11.0 Å². The van der Waals surface area contributed by atoms with Crippen LogP contribution in [0.5, 0.6) is 0 Å². The number of hydrogen-bond acceptors (Lipinski definition) is 4. The fraction of sp³-hybridized carbons (Fsp3) is 0.238. The van der Waals surface area contributed by atoms with E-state index in [-0.39, 0.29) is 22.7 Å². The van der Waals surface area contributed by atoms with Crippen molar-refractivity contribution in [2.24, 2.45) is 0 Å². The van der Waals surface area contributed by atoms with Crippen molar-refractivity contribution < 1.29 is 13.6 Å². The molecule has 0 spiro atoms. The molecule has 4 rings (SSSR count). The van der Waals surface area contributed by atoms with Gasteiger partial charge in [0.15, 0.2) is 5.43 Å². The van der Waals surface area contributed by atoms with Crippen molar-refractivity contribution in [3.8, 4) is 0 Å². The van der Waals surface area contributed by atoms with Crippen LogP contribution < -0.4 is 5.43 Å². The summed E-state index contributed by atoms with van der Waals surface area (Å²) in [6, 6.07) is 12.2. The zero-order valence-electron chi connectivity index (χ0n) is 15.1. The molecule has 5 nitrogen and oxygen atoms in total. The third-order valence-electron chi connectivity index (χ3n) is 4.86. The van der Waals surface area contributed by atoms with Gasteiger partial charge in [-0.2, -0.15) is 0 Å². The van der Waals surface area contributed by atoms with Gasteiger partial charge in [0.25, 0.3) is 5.91 Å². The molecule has 1 aliphatic heterocycles. The molecule has 2 aromatic carbocycles. The summed E-state index contributed by atoms with van der Waals surface area (Å²) in [6.07, 6.45) is 0. The number of fused-ring (bicyclic) bond motifs is 2. The maximum absolute atomic E-state index is 14.6. The summed E-state index contributed by atoms with van der Waals surface area (Å²) < 4.78 is 20.4. The smallest absolute Gasteiger partial charge is 0.290 e. The molecule has 1 atom stereocenters. The largest absolute Gasteiger partial charge is 0.450 e. The molecule has 6 heteroatoms. The number of carbonyl (C=O) groups is 1. The Hall–Kier alpha value is -2.99. The molecule has 2 heterocycles. The summed E-state index contributed by atoms with van der Waals surface area (Å²) in [5.41, 5.74) is 0.575. The number of carbonyl (C=O) groups excluding carboxylic acids is 1. The summed E-state index contributed by atoms with van der Waals surface area (Å²) >= 11 is 0. The molecule has 138 valence electrons. The van der Waals surface area contributed by atoms with E-state index < -0.39 is 11.9 Å². The van der Waals surface area contributed by atoms with Gasteiger partial charge < -0.3 is 14.2 Å². The Labute approximate surface area is 155 Å². The van der Waals surface area contributed by atoms with E-state index in [1.807, 2.05) is 19.0 Å². The quantitative estimate of drug-likeness (QED) is 0.712. The summed E-state index contributed by atoms with van der Waals surface area (Å²) in [7, 11) is 3.78. The highest BCUT2D eigenvalue weighted by Crippen LogP contribution is 2.38. The van der Waals surface area contributed by atoms with Crippen LogP contribution in [0, 0.1) is 5.82 Å². The summed E-state index contributed by atoms with van der Waals surface area (Å²) in [5.74, 6) is -0.834. The van der Waals surface area contributed by atoms with Gasteiger partial charge in [-0.1, -0.05) is 30.3 Å². The number of halogens is 1. The lowest BCUT2D eigenvalue weighted by atomic mass is 9.98. The van der Waals surface area contributed by atoms with Crippen LogP contribution in [0.15, 0.2) is 57.7 Å². The second-order valence-corrected chi connectivity index (χ2v) is 6.90. The zero-order chi connectivity index (χ0) is 19.1. The Bertz CT molecular complexity index is 1090. The van der Waals surface area contributed by atoms with Crippen LogP contribution in [-0.2, 0) is 0 Å². The molecule has 0 radical (unpaired) electrons. The van der Waals surface area contributed by atoms with Gasteiger partial charge in [0, 0.05) is 18.7 Å². The third kappa shape index (κ3) is 2.82. The number of nitrogens with zero attached hydrogens (tertiary/aromatic N) is 2. The zero-order valence-corrected chi connectivity index (χ0v) is 15.1. The molecule has 27 heavy (non-hydrogen) atoms. The van der Waals surface area contributed by atoms with Gasteiger partial charge in [-0.15, -0.1) is 0 Å². The van der Waals surface area contributed by atoms with E-state index in [0.717, 1.165) is 0 Å². The van der Waals surface area contributed by atoms with Gasteiger partial charge in [-0.3, -0.25) is 9.59 Å². The maximum atomic E-state index is 14.6. The number of rotatable bonds is 4. The van der Waals surface area contributed by atoms with Crippen LogP contribution >= 0.6 is 0 Å². The molecular formula is C21H19FN2O3. The molecule has 1 amide bonds. The molecule has 3 aromatic rings. The van der Waals surface area contributed by atoms with E-state index in [1.165, 1.54) is 11.0 Å². The number of likely N-dealkylation sites (N-methyl/N-ethyl adjacent to an activating group) is 1. The van der Waals surface area contributed by atoms with Gasteiger partial charge in [0.2, 0.25) is 5.76 Å². The van der Waals surface area contributed by atoms with E-state index in [0.29, 0.717) is 29.6 Å². The first kappa shape index (κ1) is 17.4. The fourth-order valence-corrected chi connectivity index (χ4v) is 3.53. The fourth-order valence-electron chi connectivity index (χ4n) is 3.53. The van der Waals surface area contributed by atoms with Crippen molar-refractivity contribution in [2.75, 3.05) is 27.2 Å². The van der Waals surface area contributed by atoms with Crippen molar-refractivity contribution >= 4 is 16.9 Å². The Morgan fingerprint density at radius 1 is 1.07 bits per heavy atom. The molecular weight excluding hydrogens is 347 g/mol. The summed E-state index contributed by atoms with van der Waals surface area (Å²) in [6.45, 7) is 0.934. The SMILES string of the molecule is CN(C)CCN1C(=O)c2oc3ccccc3c(=O)c2[C@@H]1c1ccccc1F.